The molecule has 1 heterocycles. The van der Waals surface area contributed by atoms with Crippen molar-refractivity contribution in [2.24, 2.45) is 5.92 Å². The maximum Gasteiger partial charge on any atom is 0.271 e. The van der Waals surface area contributed by atoms with Crippen molar-refractivity contribution in [2.45, 2.75) is 20.3 Å². The summed E-state index contributed by atoms with van der Waals surface area (Å²) < 4.78 is 5.17. The molecule has 1 atom stereocenters. The monoisotopic (exact) mass is 383 g/mol. The molecule has 3 rings (SSSR count). The minimum absolute atomic E-state index is 0.0798. The lowest BCUT2D eigenvalue weighted by atomic mass is 10.1. The molecule has 8 nitrogen and oxygen atoms in total. The summed E-state index contributed by atoms with van der Waals surface area (Å²) in [5.41, 5.74) is 2.84. The Kier molecular flexibility index (Phi) is 5.30. The summed E-state index contributed by atoms with van der Waals surface area (Å²) in [6.07, 6.45) is 0.0798. The maximum absolute atomic E-state index is 12.7. The number of nitrogens with zero attached hydrogens (tertiary/aromatic N) is 2. The van der Waals surface area contributed by atoms with Crippen LogP contribution in [-0.2, 0) is 9.59 Å². The zero-order valence-electron chi connectivity index (χ0n) is 15.9. The average molecular weight is 383 g/mol. The predicted octanol–water partition coefficient (Wildman–Crippen LogP) is 3.21. The molecular formula is C20H21N3O5. The third kappa shape index (κ3) is 3.80. The number of carbonyl (C=O) groups excluding carboxylic acids is 2. The number of ether oxygens (including phenoxy) is 1. The first-order valence-electron chi connectivity index (χ1n) is 8.81. The molecular weight excluding hydrogens is 362 g/mol. The molecule has 0 saturated carbocycles. The van der Waals surface area contributed by atoms with Gasteiger partial charge in [0.05, 0.1) is 23.6 Å². The molecule has 1 aliphatic heterocycles. The van der Waals surface area contributed by atoms with Crippen molar-refractivity contribution in [3.05, 3.63) is 57.6 Å². The van der Waals surface area contributed by atoms with Gasteiger partial charge >= 0.3 is 0 Å². The quantitative estimate of drug-likeness (QED) is 0.631. The van der Waals surface area contributed by atoms with E-state index in [-0.39, 0.29) is 36.2 Å². The Morgan fingerprint density at radius 2 is 2.00 bits per heavy atom. The molecule has 146 valence electrons. The fourth-order valence-corrected chi connectivity index (χ4v) is 3.27. The summed E-state index contributed by atoms with van der Waals surface area (Å²) in [7, 11) is 1.41. The van der Waals surface area contributed by atoms with Gasteiger partial charge in [0.1, 0.15) is 5.75 Å². The molecule has 1 unspecified atom stereocenters. The number of hydrogen-bond acceptors (Lipinski definition) is 5. The van der Waals surface area contributed by atoms with Gasteiger partial charge in [0, 0.05) is 30.8 Å². The lowest BCUT2D eigenvalue weighted by molar-refractivity contribution is -0.384. The molecule has 0 radical (unpaired) electrons. The van der Waals surface area contributed by atoms with E-state index in [1.165, 1.54) is 25.3 Å². The van der Waals surface area contributed by atoms with Gasteiger partial charge in [-0.25, -0.2) is 0 Å². The maximum atomic E-state index is 12.7. The fourth-order valence-electron chi connectivity index (χ4n) is 3.27. The number of non-ortho nitro benzene ring substituents is 1. The molecule has 0 aromatic heterocycles. The van der Waals surface area contributed by atoms with Crippen LogP contribution >= 0.6 is 0 Å². The lowest BCUT2D eigenvalue weighted by Gasteiger charge is -2.20. The topological polar surface area (TPSA) is 102 Å². The van der Waals surface area contributed by atoms with Crippen molar-refractivity contribution in [1.29, 1.82) is 0 Å². The minimum atomic E-state index is -0.559. The van der Waals surface area contributed by atoms with E-state index in [0.29, 0.717) is 5.75 Å². The number of hydrogen-bond donors (Lipinski definition) is 1. The van der Waals surface area contributed by atoms with Gasteiger partial charge in [0.15, 0.2) is 0 Å². The summed E-state index contributed by atoms with van der Waals surface area (Å²) in [6, 6.07) is 9.82. The summed E-state index contributed by atoms with van der Waals surface area (Å²) in [5.74, 6) is -0.745. The first kappa shape index (κ1) is 19.3. The van der Waals surface area contributed by atoms with E-state index in [0.717, 1.165) is 16.8 Å². The number of rotatable bonds is 5. The molecule has 0 aliphatic carbocycles. The standard InChI is InChI=1S/C20H21N3O5/c1-12-4-5-13(2)17(8-12)22-11-14(9-19(22)24)20(25)21-16-10-15(23(26)27)6-7-18(16)28-3/h4-8,10,14H,9,11H2,1-3H3,(H,21,25). The summed E-state index contributed by atoms with van der Waals surface area (Å²) >= 11 is 0. The average Bonchev–Trinajstić information content (AvgIpc) is 3.05. The van der Waals surface area contributed by atoms with E-state index in [4.69, 9.17) is 4.74 Å². The number of carbonyl (C=O) groups is 2. The minimum Gasteiger partial charge on any atom is -0.495 e. The Bertz CT molecular complexity index is 957. The van der Waals surface area contributed by atoms with Gasteiger partial charge in [0.25, 0.3) is 5.69 Å². The number of nitrogens with one attached hydrogen (secondary N) is 1. The Balaban J connectivity index is 1.79. The van der Waals surface area contributed by atoms with Crippen LogP contribution in [0, 0.1) is 29.9 Å². The molecule has 1 saturated heterocycles. The first-order chi connectivity index (χ1) is 13.3. The van der Waals surface area contributed by atoms with Crippen molar-refractivity contribution >= 4 is 28.9 Å². The van der Waals surface area contributed by atoms with Gasteiger partial charge in [-0.1, -0.05) is 12.1 Å². The molecule has 1 fully saturated rings. The van der Waals surface area contributed by atoms with Gasteiger partial charge in [-0.2, -0.15) is 0 Å². The Morgan fingerprint density at radius 3 is 2.68 bits per heavy atom. The highest BCUT2D eigenvalue weighted by Crippen LogP contribution is 2.32. The van der Waals surface area contributed by atoms with E-state index in [1.54, 1.807) is 4.90 Å². The van der Waals surface area contributed by atoms with Crippen molar-refractivity contribution in [3.63, 3.8) is 0 Å². The highest BCUT2D eigenvalue weighted by molar-refractivity contribution is 6.04. The van der Waals surface area contributed by atoms with Crippen LogP contribution in [0.4, 0.5) is 17.1 Å². The van der Waals surface area contributed by atoms with Gasteiger partial charge in [-0.05, 0) is 37.1 Å². The smallest absolute Gasteiger partial charge is 0.271 e. The number of anilines is 2. The second-order valence-corrected chi connectivity index (χ2v) is 6.83. The third-order valence-electron chi connectivity index (χ3n) is 4.80. The van der Waals surface area contributed by atoms with E-state index in [2.05, 4.69) is 5.32 Å². The van der Waals surface area contributed by atoms with Gasteiger partial charge in [-0.3, -0.25) is 19.7 Å². The Labute approximate surface area is 162 Å². The van der Waals surface area contributed by atoms with Crippen LogP contribution in [-0.4, -0.2) is 30.4 Å². The van der Waals surface area contributed by atoms with E-state index < -0.39 is 10.8 Å². The van der Waals surface area contributed by atoms with E-state index in [9.17, 15) is 19.7 Å². The second kappa shape index (κ2) is 7.67. The second-order valence-electron chi connectivity index (χ2n) is 6.83. The zero-order chi connectivity index (χ0) is 20.4. The van der Waals surface area contributed by atoms with E-state index >= 15 is 0 Å². The number of amides is 2. The SMILES string of the molecule is COc1ccc([N+](=O)[O-])cc1NC(=O)C1CC(=O)N(c2cc(C)ccc2C)C1. The van der Waals surface area contributed by atoms with Crippen molar-refractivity contribution in [2.75, 3.05) is 23.9 Å². The number of aryl methyl sites for hydroxylation is 2. The molecule has 28 heavy (non-hydrogen) atoms. The predicted molar refractivity (Wildman–Crippen MR) is 105 cm³/mol. The van der Waals surface area contributed by atoms with Crippen molar-refractivity contribution < 1.29 is 19.2 Å². The highest BCUT2D eigenvalue weighted by Gasteiger charge is 2.36. The van der Waals surface area contributed by atoms with Crippen LogP contribution in [0.15, 0.2) is 36.4 Å². The molecule has 8 heteroatoms. The van der Waals surface area contributed by atoms with Crippen LogP contribution in [0.2, 0.25) is 0 Å². The van der Waals surface area contributed by atoms with Gasteiger partial charge in [-0.15, -0.1) is 0 Å². The lowest BCUT2D eigenvalue weighted by Crippen LogP contribution is -2.28. The fraction of sp³-hybridized carbons (Fsp3) is 0.300. The normalized spacial score (nSPS) is 16.2. The zero-order valence-corrected chi connectivity index (χ0v) is 15.9. The van der Waals surface area contributed by atoms with Gasteiger partial charge < -0.3 is 15.0 Å². The number of methoxy groups -OCH3 is 1. The van der Waals surface area contributed by atoms with Crippen molar-refractivity contribution in [3.8, 4) is 5.75 Å². The molecule has 0 bridgehead atoms. The largest absolute Gasteiger partial charge is 0.495 e. The van der Waals surface area contributed by atoms with E-state index in [1.807, 2.05) is 32.0 Å². The number of benzene rings is 2. The Morgan fingerprint density at radius 1 is 1.25 bits per heavy atom. The number of nitro benzene ring substituents is 1. The highest BCUT2D eigenvalue weighted by atomic mass is 16.6. The summed E-state index contributed by atoms with van der Waals surface area (Å²) in [5, 5.41) is 13.7. The molecule has 1 N–H and O–H groups in total. The van der Waals surface area contributed by atoms with Crippen molar-refractivity contribution in [1.82, 2.24) is 0 Å². The molecule has 0 spiro atoms. The molecule has 2 aromatic rings. The molecule has 1 aliphatic rings. The van der Waals surface area contributed by atoms with Crippen LogP contribution in [0.25, 0.3) is 0 Å². The molecule has 2 amide bonds. The van der Waals surface area contributed by atoms with Crippen LogP contribution in [0.3, 0.4) is 0 Å². The first-order valence-corrected chi connectivity index (χ1v) is 8.81. The molecule has 2 aromatic carbocycles. The summed E-state index contributed by atoms with van der Waals surface area (Å²) in [4.78, 5) is 37.3. The third-order valence-corrected chi connectivity index (χ3v) is 4.80. The Hall–Kier alpha value is -3.42. The summed E-state index contributed by atoms with van der Waals surface area (Å²) in [6.45, 7) is 4.12. The van der Waals surface area contributed by atoms with Crippen LogP contribution in [0.1, 0.15) is 17.5 Å². The van der Waals surface area contributed by atoms with Crippen LogP contribution in [0.5, 0.6) is 5.75 Å². The van der Waals surface area contributed by atoms with Gasteiger partial charge in [0.2, 0.25) is 11.8 Å². The number of nitro groups is 1. The van der Waals surface area contributed by atoms with Crippen LogP contribution < -0.4 is 15.0 Å².